The van der Waals surface area contributed by atoms with Gasteiger partial charge in [-0.2, -0.15) is 0 Å². The molecule has 2 rings (SSSR count). The largest absolute Gasteiger partial charge is 0.395 e. The molecule has 1 saturated carbocycles. The van der Waals surface area contributed by atoms with Crippen LogP contribution in [-0.2, 0) is 6.54 Å². The van der Waals surface area contributed by atoms with Crippen molar-refractivity contribution in [2.75, 3.05) is 13.2 Å². The zero-order valence-electron chi connectivity index (χ0n) is 10.6. The number of hydrogen-bond acceptors (Lipinski definition) is 2. The highest BCUT2D eigenvalue weighted by Gasteiger charge is 2.30. The smallest absolute Gasteiger partial charge is 0.270 e. The van der Waals surface area contributed by atoms with E-state index in [-0.39, 0.29) is 30.8 Å². The lowest BCUT2D eigenvalue weighted by Gasteiger charge is -2.37. The molecule has 1 aromatic rings. The number of aliphatic hydroxyl groups is 1. The van der Waals surface area contributed by atoms with Crippen LogP contribution in [0.15, 0.2) is 18.3 Å². The summed E-state index contributed by atoms with van der Waals surface area (Å²) < 4.78 is 26.2. The van der Waals surface area contributed by atoms with Gasteiger partial charge in [-0.25, -0.2) is 8.78 Å². The Balaban J connectivity index is 2.14. The number of aliphatic hydroxyl groups excluding tert-OH is 1. The van der Waals surface area contributed by atoms with Crippen molar-refractivity contribution in [1.29, 1.82) is 0 Å². The van der Waals surface area contributed by atoms with Gasteiger partial charge in [0.15, 0.2) is 0 Å². The minimum Gasteiger partial charge on any atom is -0.395 e. The minimum absolute atomic E-state index is 0.113. The summed E-state index contributed by atoms with van der Waals surface area (Å²) in [6.45, 7) is -0.340. The van der Waals surface area contributed by atoms with Crippen molar-refractivity contribution >= 4 is 5.91 Å². The molecular weight excluding hydrogens is 254 g/mol. The Bertz CT molecular complexity index is 430. The molecule has 1 heterocycles. The topological polar surface area (TPSA) is 45.5 Å². The monoisotopic (exact) mass is 272 g/mol. The molecule has 1 fully saturated rings. The molecule has 0 saturated heterocycles. The van der Waals surface area contributed by atoms with E-state index >= 15 is 0 Å². The lowest BCUT2D eigenvalue weighted by Crippen LogP contribution is -2.46. The summed E-state index contributed by atoms with van der Waals surface area (Å²) in [6.07, 6.45) is 1.89. The number of nitrogens with zero attached hydrogens (tertiary/aromatic N) is 2. The molecule has 0 unspecified atom stereocenters. The van der Waals surface area contributed by atoms with Crippen molar-refractivity contribution in [3.05, 3.63) is 24.0 Å². The number of rotatable bonds is 6. The van der Waals surface area contributed by atoms with E-state index in [1.807, 2.05) is 0 Å². The number of amides is 1. The molecule has 1 aliphatic rings. The average molecular weight is 272 g/mol. The molecule has 0 aromatic carbocycles. The van der Waals surface area contributed by atoms with E-state index in [1.54, 1.807) is 17.0 Å². The number of carbonyl (C=O) groups excluding carboxylic acids is 1. The van der Waals surface area contributed by atoms with Crippen molar-refractivity contribution in [2.24, 2.45) is 0 Å². The third-order valence-electron chi connectivity index (χ3n) is 3.50. The van der Waals surface area contributed by atoms with Gasteiger partial charge >= 0.3 is 0 Å². The summed E-state index contributed by atoms with van der Waals surface area (Å²) in [4.78, 5) is 14.0. The van der Waals surface area contributed by atoms with Gasteiger partial charge in [0.25, 0.3) is 12.3 Å². The third kappa shape index (κ3) is 3.12. The van der Waals surface area contributed by atoms with E-state index in [4.69, 9.17) is 5.11 Å². The van der Waals surface area contributed by atoms with Gasteiger partial charge in [0.2, 0.25) is 0 Å². The van der Waals surface area contributed by atoms with Gasteiger partial charge < -0.3 is 14.6 Å². The Labute approximate surface area is 110 Å². The Kier molecular flexibility index (Phi) is 4.52. The molecule has 1 aliphatic carbocycles. The molecule has 0 atom stereocenters. The van der Waals surface area contributed by atoms with Gasteiger partial charge in [0.05, 0.1) is 13.2 Å². The fourth-order valence-corrected chi connectivity index (χ4v) is 2.32. The second-order valence-electron chi connectivity index (χ2n) is 4.74. The minimum atomic E-state index is -2.49. The Morgan fingerprint density at radius 3 is 2.79 bits per heavy atom. The fourth-order valence-electron chi connectivity index (χ4n) is 2.32. The van der Waals surface area contributed by atoms with Crippen molar-refractivity contribution in [1.82, 2.24) is 9.47 Å². The first kappa shape index (κ1) is 14.0. The SMILES string of the molecule is O=C(c1cccn1CC(F)F)N(CCO)C1CCC1. The average Bonchev–Trinajstić information content (AvgIpc) is 2.72. The van der Waals surface area contributed by atoms with E-state index in [0.29, 0.717) is 0 Å². The molecule has 106 valence electrons. The first-order chi connectivity index (χ1) is 9.13. The van der Waals surface area contributed by atoms with Gasteiger partial charge in [0.1, 0.15) is 5.69 Å². The number of hydrogen-bond donors (Lipinski definition) is 1. The van der Waals surface area contributed by atoms with Gasteiger partial charge in [-0.3, -0.25) is 4.79 Å². The molecule has 19 heavy (non-hydrogen) atoms. The molecule has 4 nitrogen and oxygen atoms in total. The van der Waals surface area contributed by atoms with Gasteiger partial charge in [0, 0.05) is 18.8 Å². The number of halogens is 2. The van der Waals surface area contributed by atoms with Crippen LogP contribution in [0.2, 0.25) is 0 Å². The summed E-state index contributed by atoms with van der Waals surface area (Å²) in [5, 5.41) is 9.05. The summed E-state index contributed by atoms with van der Waals surface area (Å²) in [6, 6.07) is 3.27. The van der Waals surface area contributed by atoms with Crippen LogP contribution >= 0.6 is 0 Å². The van der Waals surface area contributed by atoms with Gasteiger partial charge in [-0.1, -0.05) is 0 Å². The first-order valence-electron chi connectivity index (χ1n) is 6.48. The predicted octanol–water partition coefficient (Wildman–Crippen LogP) is 1.74. The second kappa shape index (κ2) is 6.14. The highest BCUT2D eigenvalue weighted by molar-refractivity contribution is 5.93. The normalized spacial score (nSPS) is 15.6. The summed E-state index contributed by atoms with van der Waals surface area (Å²) in [7, 11) is 0. The maximum Gasteiger partial charge on any atom is 0.270 e. The fraction of sp³-hybridized carbons (Fsp3) is 0.615. The predicted molar refractivity (Wildman–Crippen MR) is 66.2 cm³/mol. The maximum absolute atomic E-state index is 12.4. The molecule has 1 amide bonds. The van der Waals surface area contributed by atoms with Crippen LogP contribution in [-0.4, -0.2) is 46.1 Å². The van der Waals surface area contributed by atoms with Crippen molar-refractivity contribution in [2.45, 2.75) is 38.3 Å². The molecule has 0 spiro atoms. The van der Waals surface area contributed by atoms with Crippen LogP contribution in [0.5, 0.6) is 0 Å². The summed E-state index contributed by atoms with van der Waals surface area (Å²) in [5.41, 5.74) is 0.264. The Morgan fingerprint density at radius 1 is 1.53 bits per heavy atom. The quantitative estimate of drug-likeness (QED) is 0.857. The lowest BCUT2D eigenvalue weighted by atomic mass is 9.91. The molecule has 0 radical (unpaired) electrons. The van der Waals surface area contributed by atoms with Crippen LogP contribution in [0.4, 0.5) is 8.78 Å². The van der Waals surface area contributed by atoms with E-state index in [1.165, 1.54) is 10.8 Å². The van der Waals surface area contributed by atoms with E-state index in [9.17, 15) is 13.6 Å². The lowest BCUT2D eigenvalue weighted by molar-refractivity contribution is 0.0508. The molecule has 6 heteroatoms. The van der Waals surface area contributed by atoms with Crippen molar-refractivity contribution in [3.63, 3.8) is 0 Å². The Hall–Kier alpha value is -1.43. The van der Waals surface area contributed by atoms with Crippen molar-refractivity contribution < 1.29 is 18.7 Å². The molecule has 0 bridgehead atoms. The van der Waals surface area contributed by atoms with E-state index in [0.717, 1.165) is 19.3 Å². The highest BCUT2D eigenvalue weighted by atomic mass is 19.3. The summed E-state index contributed by atoms with van der Waals surface area (Å²) >= 11 is 0. The maximum atomic E-state index is 12.4. The van der Waals surface area contributed by atoms with Crippen LogP contribution in [0.3, 0.4) is 0 Å². The van der Waals surface area contributed by atoms with Crippen molar-refractivity contribution in [3.8, 4) is 0 Å². The van der Waals surface area contributed by atoms with Crippen LogP contribution in [0, 0.1) is 0 Å². The van der Waals surface area contributed by atoms with Gasteiger partial charge in [-0.15, -0.1) is 0 Å². The van der Waals surface area contributed by atoms with Gasteiger partial charge in [-0.05, 0) is 31.4 Å². The van der Waals surface area contributed by atoms with E-state index in [2.05, 4.69) is 0 Å². The molecule has 1 aromatic heterocycles. The highest BCUT2D eigenvalue weighted by Crippen LogP contribution is 2.26. The molecular formula is C13H18F2N2O2. The van der Waals surface area contributed by atoms with Crippen LogP contribution < -0.4 is 0 Å². The molecule has 1 N–H and O–H groups in total. The number of aromatic nitrogens is 1. The zero-order valence-corrected chi connectivity index (χ0v) is 10.6. The third-order valence-corrected chi connectivity index (χ3v) is 3.50. The van der Waals surface area contributed by atoms with E-state index < -0.39 is 13.0 Å². The standard InChI is InChI=1S/C13H18F2N2O2/c14-12(15)9-16-6-2-5-11(16)13(19)17(7-8-18)10-3-1-4-10/h2,5-6,10,12,18H,1,3-4,7-9H2. The number of alkyl halides is 2. The number of carbonyl (C=O) groups is 1. The van der Waals surface area contributed by atoms with Crippen LogP contribution in [0.1, 0.15) is 29.8 Å². The zero-order chi connectivity index (χ0) is 13.8. The van der Waals surface area contributed by atoms with Crippen LogP contribution in [0.25, 0.3) is 0 Å². The summed E-state index contributed by atoms with van der Waals surface area (Å²) in [5.74, 6) is -0.274. The first-order valence-corrected chi connectivity index (χ1v) is 6.48. The second-order valence-corrected chi connectivity index (χ2v) is 4.74. The Morgan fingerprint density at radius 2 is 2.26 bits per heavy atom. The molecule has 0 aliphatic heterocycles.